The van der Waals surface area contributed by atoms with Crippen LogP contribution in [0.15, 0.2) is 0 Å². The molecule has 1 fully saturated rings. The van der Waals surface area contributed by atoms with Gasteiger partial charge in [-0.1, -0.05) is 26.7 Å². The molecule has 0 N–H and O–H groups in total. The van der Waals surface area contributed by atoms with Crippen LogP contribution in [0.2, 0.25) is 0 Å². The van der Waals surface area contributed by atoms with Crippen molar-refractivity contribution in [2.24, 2.45) is 11.8 Å². The summed E-state index contributed by atoms with van der Waals surface area (Å²) < 4.78 is 5.02. The number of carbonyl (C=O) groups is 1. The Kier molecular flexibility index (Phi) is 3.57. The zero-order chi connectivity index (χ0) is 8.97. The normalized spacial score (nSPS) is 30.0. The predicted octanol–water partition coefficient (Wildman–Crippen LogP) is 2.38. The van der Waals surface area contributed by atoms with Crippen molar-refractivity contribution in [1.29, 1.82) is 0 Å². The summed E-state index contributed by atoms with van der Waals surface area (Å²) in [5.41, 5.74) is 0. The fourth-order valence-electron chi connectivity index (χ4n) is 1.69. The minimum atomic E-state index is -0.0183. The van der Waals surface area contributed by atoms with Gasteiger partial charge in [-0.25, -0.2) is 0 Å². The molecule has 12 heavy (non-hydrogen) atoms. The van der Waals surface area contributed by atoms with Crippen molar-refractivity contribution in [3.05, 3.63) is 0 Å². The first-order chi connectivity index (χ1) is 5.74. The molecule has 1 saturated heterocycles. The third-order valence-electron chi connectivity index (χ3n) is 2.68. The largest absolute Gasteiger partial charge is 0.465 e. The van der Waals surface area contributed by atoms with E-state index in [4.69, 9.17) is 4.74 Å². The number of carbonyl (C=O) groups excluding carboxylic acids is 1. The Balaban J connectivity index is 2.29. The lowest BCUT2D eigenvalue weighted by atomic mass is 9.86. The lowest BCUT2D eigenvalue weighted by molar-refractivity contribution is -0.152. The Morgan fingerprint density at radius 1 is 1.58 bits per heavy atom. The molecule has 1 heterocycles. The molecular weight excluding hydrogens is 152 g/mol. The third-order valence-corrected chi connectivity index (χ3v) is 2.68. The third kappa shape index (κ3) is 2.50. The van der Waals surface area contributed by atoms with E-state index in [9.17, 15) is 4.79 Å². The van der Waals surface area contributed by atoms with Gasteiger partial charge in [0.05, 0.1) is 6.61 Å². The molecule has 2 atom stereocenters. The number of esters is 1. The van der Waals surface area contributed by atoms with Gasteiger partial charge in [0.2, 0.25) is 0 Å². The van der Waals surface area contributed by atoms with Crippen LogP contribution < -0.4 is 0 Å². The predicted molar refractivity (Wildman–Crippen MR) is 47.8 cm³/mol. The van der Waals surface area contributed by atoms with E-state index in [1.165, 1.54) is 19.3 Å². The Morgan fingerprint density at radius 2 is 2.33 bits per heavy atom. The van der Waals surface area contributed by atoms with Crippen LogP contribution in [0.3, 0.4) is 0 Å². The van der Waals surface area contributed by atoms with E-state index >= 15 is 0 Å². The van der Waals surface area contributed by atoms with E-state index < -0.39 is 0 Å². The van der Waals surface area contributed by atoms with Crippen molar-refractivity contribution in [2.45, 2.75) is 39.5 Å². The van der Waals surface area contributed by atoms with Crippen molar-refractivity contribution in [3.63, 3.8) is 0 Å². The summed E-state index contributed by atoms with van der Waals surface area (Å²) in [6, 6.07) is 0. The number of unbranched alkanes of at least 4 members (excludes halogenated alkanes) is 1. The molecule has 2 nitrogen and oxygen atoms in total. The average Bonchev–Trinajstić information content (AvgIpc) is 2.03. The average molecular weight is 170 g/mol. The fraction of sp³-hybridized carbons (Fsp3) is 0.900. The van der Waals surface area contributed by atoms with Gasteiger partial charge in [-0.3, -0.25) is 4.79 Å². The Morgan fingerprint density at radius 3 is 2.92 bits per heavy atom. The molecular formula is C10H18O2. The van der Waals surface area contributed by atoms with E-state index in [1.807, 2.05) is 0 Å². The van der Waals surface area contributed by atoms with Crippen LogP contribution in [0.25, 0.3) is 0 Å². The van der Waals surface area contributed by atoms with Crippen molar-refractivity contribution in [3.8, 4) is 0 Å². The van der Waals surface area contributed by atoms with Crippen LogP contribution in [0.1, 0.15) is 39.5 Å². The highest BCUT2D eigenvalue weighted by molar-refractivity contribution is 5.70. The van der Waals surface area contributed by atoms with Crippen LogP contribution in [0.5, 0.6) is 0 Å². The van der Waals surface area contributed by atoms with Gasteiger partial charge in [0.1, 0.15) is 0 Å². The second kappa shape index (κ2) is 4.48. The highest BCUT2D eigenvalue weighted by Crippen LogP contribution is 2.26. The smallest absolute Gasteiger partial charge is 0.306 e. The van der Waals surface area contributed by atoms with E-state index in [0.29, 0.717) is 24.9 Å². The molecule has 1 aliphatic heterocycles. The minimum Gasteiger partial charge on any atom is -0.465 e. The van der Waals surface area contributed by atoms with Gasteiger partial charge in [0.25, 0.3) is 0 Å². The molecule has 0 aromatic heterocycles. The number of cyclic esters (lactones) is 1. The quantitative estimate of drug-likeness (QED) is 0.608. The molecule has 0 radical (unpaired) electrons. The van der Waals surface area contributed by atoms with Crippen molar-refractivity contribution in [1.82, 2.24) is 0 Å². The van der Waals surface area contributed by atoms with Gasteiger partial charge < -0.3 is 4.74 Å². The summed E-state index contributed by atoms with van der Waals surface area (Å²) in [5, 5.41) is 0. The zero-order valence-electron chi connectivity index (χ0n) is 8.01. The molecule has 0 amide bonds. The number of rotatable bonds is 3. The van der Waals surface area contributed by atoms with E-state index in [0.717, 1.165) is 0 Å². The molecule has 70 valence electrons. The first kappa shape index (κ1) is 9.56. The first-order valence-electron chi connectivity index (χ1n) is 4.89. The maximum Gasteiger partial charge on any atom is 0.306 e. The van der Waals surface area contributed by atoms with Gasteiger partial charge >= 0.3 is 5.97 Å². The van der Waals surface area contributed by atoms with Crippen LogP contribution in [0.4, 0.5) is 0 Å². The van der Waals surface area contributed by atoms with Gasteiger partial charge in [0.15, 0.2) is 0 Å². The molecule has 1 rings (SSSR count). The molecule has 2 heteroatoms. The second-order valence-electron chi connectivity index (χ2n) is 3.77. The maximum absolute atomic E-state index is 10.9. The fourth-order valence-corrected chi connectivity index (χ4v) is 1.69. The van der Waals surface area contributed by atoms with E-state index in [2.05, 4.69) is 13.8 Å². The molecule has 0 aliphatic carbocycles. The monoisotopic (exact) mass is 170 g/mol. The summed E-state index contributed by atoms with van der Waals surface area (Å²) in [5.74, 6) is 1.12. The number of ether oxygens (including phenoxy) is 1. The SMILES string of the molecule is CCCCC1COC(=O)CC1C. The highest BCUT2D eigenvalue weighted by Gasteiger charge is 2.26. The minimum absolute atomic E-state index is 0.0183. The standard InChI is InChI=1S/C10H18O2/c1-3-4-5-9-7-12-10(11)6-8(9)2/h8-9H,3-7H2,1-2H3. The van der Waals surface area contributed by atoms with Crippen molar-refractivity contribution >= 4 is 5.97 Å². The molecule has 1 aliphatic rings. The van der Waals surface area contributed by atoms with Gasteiger partial charge in [-0.2, -0.15) is 0 Å². The summed E-state index contributed by atoms with van der Waals surface area (Å²) >= 11 is 0. The molecule has 0 saturated carbocycles. The van der Waals surface area contributed by atoms with Crippen LogP contribution in [0, 0.1) is 11.8 Å². The second-order valence-corrected chi connectivity index (χ2v) is 3.77. The summed E-state index contributed by atoms with van der Waals surface area (Å²) in [6.45, 7) is 5.00. The molecule has 0 spiro atoms. The Bertz CT molecular complexity index is 154. The van der Waals surface area contributed by atoms with E-state index in [-0.39, 0.29) is 5.97 Å². The topological polar surface area (TPSA) is 26.3 Å². The molecule has 0 bridgehead atoms. The lowest BCUT2D eigenvalue weighted by Crippen LogP contribution is -2.28. The molecule has 2 unspecified atom stereocenters. The van der Waals surface area contributed by atoms with Crippen molar-refractivity contribution in [2.75, 3.05) is 6.61 Å². The lowest BCUT2D eigenvalue weighted by Gasteiger charge is -2.27. The maximum atomic E-state index is 10.9. The van der Waals surface area contributed by atoms with E-state index in [1.54, 1.807) is 0 Å². The highest BCUT2D eigenvalue weighted by atomic mass is 16.5. The van der Waals surface area contributed by atoms with Crippen LogP contribution >= 0.6 is 0 Å². The Labute approximate surface area is 74.3 Å². The summed E-state index contributed by atoms with van der Waals surface area (Å²) in [4.78, 5) is 10.9. The first-order valence-corrected chi connectivity index (χ1v) is 4.89. The zero-order valence-corrected chi connectivity index (χ0v) is 8.01. The van der Waals surface area contributed by atoms with Gasteiger partial charge in [0, 0.05) is 6.42 Å². The van der Waals surface area contributed by atoms with Gasteiger partial charge in [-0.15, -0.1) is 0 Å². The van der Waals surface area contributed by atoms with Gasteiger partial charge in [-0.05, 0) is 18.3 Å². The summed E-state index contributed by atoms with van der Waals surface area (Å²) in [7, 11) is 0. The number of hydrogen-bond donors (Lipinski definition) is 0. The molecule has 0 aromatic carbocycles. The molecule has 0 aromatic rings. The van der Waals surface area contributed by atoms with Crippen molar-refractivity contribution < 1.29 is 9.53 Å². The Hall–Kier alpha value is -0.530. The number of hydrogen-bond acceptors (Lipinski definition) is 2. The van der Waals surface area contributed by atoms with Crippen LogP contribution in [-0.4, -0.2) is 12.6 Å². The van der Waals surface area contributed by atoms with Crippen LogP contribution in [-0.2, 0) is 9.53 Å². The summed E-state index contributed by atoms with van der Waals surface area (Å²) in [6.07, 6.45) is 4.32.